The normalized spacial score (nSPS) is 20.9. The van der Waals surface area contributed by atoms with Gasteiger partial charge in [-0.15, -0.1) is 0 Å². The van der Waals surface area contributed by atoms with Crippen LogP contribution < -0.4 is 11.5 Å². The third kappa shape index (κ3) is 2.95. The molecule has 92 valence electrons. The summed E-state index contributed by atoms with van der Waals surface area (Å²) in [7, 11) is 0. The molecule has 1 aliphatic heterocycles. The van der Waals surface area contributed by atoms with Crippen molar-refractivity contribution >= 4 is 33.6 Å². The quantitative estimate of drug-likeness (QED) is 0.817. The zero-order chi connectivity index (χ0) is 12.3. The van der Waals surface area contributed by atoms with Gasteiger partial charge in [-0.1, -0.05) is 0 Å². The summed E-state index contributed by atoms with van der Waals surface area (Å²) in [5.74, 6) is 0.380. The summed E-state index contributed by atoms with van der Waals surface area (Å²) in [6.45, 7) is 0.768. The van der Waals surface area contributed by atoms with Crippen LogP contribution in [0.1, 0.15) is 24.8 Å². The Kier molecular flexibility index (Phi) is 3.96. The van der Waals surface area contributed by atoms with Gasteiger partial charge in [-0.3, -0.25) is 4.99 Å². The van der Waals surface area contributed by atoms with Crippen molar-refractivity contribution in [1.29, 1.82) is 0 Å². The summed E-state index contributed by atoms with van der Waals surface area (Å²) < 4.78 is 6.22. The van der Waals surface area contributed by atoms with E-state index in [1.165, 1.54) is 0 Å². The second-order valence-electron chi connectivity index (χ2n) is 3.92. The number of nitrogens with two attached hydrogens (primary N) is 2. The Hall–Kier alpha value is -1.14. The Morgan fingerprint density at radius 2 is 2.29 bits per heavy atom. The minimum atomic E-state index is -0.0819. The minimum Gasteiger partial charge on any atom is -0.397 e. The molecule has 1 atom stereocenters. The molecule has 1 saturated heterocycles. The lowest BCUT2D eigenvalue weighted by Crippen LogP contribution is -2.17. The fourth-order valence-electron chi connectivity index (χ4n) is 1.67. The topological polar surface area (TPSA) is 86.5 Å². The molecule has 6 heteroatoms. The van der Waals surface area contributed by atoms with E-state index < -0.39 is 0 Å². The Labute approximate surface area is 108 Å². The van der Waals surface area contributed by atoms with Gasteiger partial charge in [0.15, 0.2) is 0 Å². The van der Waals surface area contributed by atoms with Gasteiger partial charge < -0.3 is 16.2 Å². The molecule has 2 heterocycles. The molecule has 1 unspecified atom stereocenters. The predicted molar refractivity (Wildman–Crippen MR) is 71.9 cm³/mol. The van der Waals surface area contributed by atoms with Gasteiger partial charge in [-0.05, 0) is 35.2 Å². The lowest BCUT2D eigenvalue weighted by molar-refractivity contribution is 0.0227. The van der Waals surface area contributed by atoms with Crippen LogP contribution in [0.15, 0.2) is 15.7 Å². The first-order valence-corrected chi connectivity index (χ1v) is 6.32. The maximum atomic E-state index is 5.90. The molecule has 1 aromatic heterocycles. The summed E-state index contributed by atoms with van der Waals surface area (Å²) >= 11 is 3.31. The molecule has 0 saturated carbocycles. The van der Waals surface area contributed by atoms with Crippen LogP contribution in [0.2, 0.25) is 0 Å². The fraction of sp³-hybridized carbons (Fsp3) is 0.455. The number of hydrogen-bond acceptors (Lipinski definition) is 5. The molecule has 1 aromatic rings. The maximum absolute atomic E-state index is 5.90. The average molecular weight is 299 g/mol. The van der Waals surface area contributed by atoms with E-state index in [1.54, 1.807) is 12.4 Å². The zero-order valence-electron chi connectivity index (χ0n) is 9.40. The third-order valence-corrected chi connectivity index (χ3v) is 3.30. The van der Waals surface area contributed by atoms with Crippen molar-refractivity contribution in [2.24, 2.45) is 4.99 Å². The van der Waals surface area contributed by atoms with Crippen LogP contribution in [0.25, 0.3) is 0 Å². The number of aliphatic imine (C=N–C) groups is 1. The van der Waals surface area contributed by atoms with Crippen molar-refractivity contribution in [3.8, 4) is 0 Å². The van der Waals surface area contributed by atoms with Crippen LogP contribution in [0.3, 0.4) is 0 Å². The molecule has 2 rings (SSSR count). The van der Waals surface area contributed by atoms with Gasteiger partial charge in [0.05, 0.1) is 15.7 Å². The number of ether oxygens (including phenoxy) is 1. The van der Waals surface area contributed by atoms with Crippen molar-refractivity contribution < 1.29 is 4.74 Å². The van der Waals surface area contributed by atoms with E-state index in [-0.39, 0.29) is 6.23 Å². The highest BCUT2D eigenvalue weighted by Crippen LogP contribution is 2.25. The highest BCUT2D eigenvalue weighted by Gasteiger charge is 2.12. The van der Waals surface area contributed by atoms with E-state index >= 15 is 0 Å². The third-order valence-electron chi connectivity index (χ3n) is 2.67. The molecule has 1 aliphatic rings. The number of pyridine rings is 1. The second-order valence-corrected chi connectivity index (χ2v) is 4.77. The van der Waals surface area contributed by atoms with Crippen molar-refractivity contribution in [2.75, 3.05) is 18.1 Å². The van der Waals surface area contributed by atoms with Gasteiger partial charge >= 0.3 is 0 Å². The Balaban J connectivity index is 2.17. The number of nitrogen functional groups attached to an aromatic ring is 2. The molecule has 0 bridgehead atoms. The summed E-state index contributed by atoms with van der Waals surface area (Å²) in [5.41, 5.74) is 12.9. The number of hydrogen-bond donors (Lipinski definition) is 2. The first-order valence-electron chi connectivity index (χ1n) is 5.52. The Morgan fingerprint density at radius 3 is 3.00 bits per heavy atom. The van der Waals surface area contributed by atoms with Gasteiger partial charge in [0, 0.05) is 19.0 Å². The number of nitrogens with zero attached hydrogens (tertiary/aromatic N) is 2. The smallest absolute Gasteiger partial charge is 0.148 e. The number of halogens is 1. The molecular formula is C11H15BrN4O. The van der Waals surface area contributed by atoms with E-state index in [4.69, 9.17) is 16.2 Å². The monoisotopic (exact) mass is 298 g/mol. The van der Waals surface area contributed by atoms with E-state index in [9.17, 15) is 0 Å². The maximum Gasteiger partial charge on any atom is 0.148 e. The molecule has 5 nitrogen and oxygen atoms in total. The molecule has 0 radical (unpaired) electrons. The summed E-state index contributed by atoms with van der Waals surface area (Å²) in [5, 5.41) is 0. The van der Waals surface area contributed by atoms with E-state index in [1.807, 2.05) is 0 Å². The first-order chi connectivity index (χ1) is 8.18. The van der Waals surface area contributed by atoms with Crippen molar-refractivity contribution in [2.45, 2.75) is 25.5 Å². The van der Waals surface area contributed by atoms with Crippen LogP contribution in [0.5, 0.6) is 0 Å². The van der Waals surface area contributed by atoms with E-state index in [2.05, 4.69) is 25.9 Å². The number of rotatable bonds is 2. The van der Waals surface area contributed by atoms with Gasteiger partial charge in [0.1, 0.15) is 12.0 Å². The molecule has 17 heavy (non-hydrogen) atoms. The van der Waals surface area contributed by atoms with Crippen LogP contribution >= 0.6 is 15.9 Å². The van der Waals surface area contributed by atoms with Crippen molar-refractivity contribution in [1.82, 2.24) is 4.98 Å². The highest BCUT2D eigenvalue weighted by atomic mass is 79.9. The molecule has 0 spiro atoms. The Morgan fingerprint density at radius 1 is 1.47 bits per heavy atom. The predicted octanol–water partition coefficient (Wildman–Crippen LogP) is 1.95. The standard InChI is InChI=1S/C11H15BrN4O/c12-8-6-16-11(14)7(10(8)13)5-15-9-3-1-2-4-17-9/h5-6,9H,1-4H2,(H4,13,14,16)/b15-5+. The number of aromatic nitrogens is 1. The summed E-state index contributed by atoms with van der Waals surface area (Å²) in [6, 6.07) is 0. The number of anilines is 2. The van der Waals surface area contributed by atoms with Gasteiger partial charge in [0.25, 0.3) is 0 Å². The fourth-order valence-corrected chi connectivity index (χ4v) is 1.98. The molecule has 1 fully saturated rings. The van der Waals surface area contributed by atoms with Crippen LogP contribution in [0, 0.1) is 0 Å². The molecule has 0 amide bonds. The van der Waals surface area contributed by atoms with Gasteiger partial charge in [-0.2, -0.15) is 0 Å². The summed E-state index contributed by atoms with van der Waals surface area (Å²) in [4.78, 5) is 8.37. The van der Waals surface area contributed by atoms with Gasteiger partial charge in [0.2, 0.25) is 0 Å². The van der Waals surface area contributed by atoms with Crippen molar-refractivity contribution in [3.63, 3.8) is 0 Å². The van der Waals surface area contributed by atoms with E-state index in [0.29, 0.717) is 17.1 Å². The Bertz CT molecular complexity index is 430. The van der Waals surface area contributed by atoms with E-state index in [0.717, 1.165) is 30.3 Å². The SMILES string of the molecule is Nc1ncc(Br)c(N)c1/C=N/C1CCCCO1. The lowest BCUT2D eigenvalue weighted by Gasteiger charge is -2.18. The van der Waals surface area contributed by atoms with Gasteiger partial charge in [-0.25, -0.2) is 4.98 Å². The minimum absolute atomic E-state index is 0.0819. The second kappa shape index (κ2) is 5.46. The molecular weight excluding hydrogens is 284 g/mol. The highest BCUT2D eigenvalue weighted by molar-refractivity contribution is 9.10. The molecule has 4 N–H and O–H groups in total. The molecule has 0 aromatic carbocycles. The molecule has 0 aliphatic carbocycles. The zero-order valence-corrected chi connectivity index (χ0v) is 11.0. The van der Waals surface area contributed by atoms with Crippen LogP contribution in [-0.4, -0.2) is 24.0 Å². The largest absolute Gasteiger partial charge is 0.397 e. The van der Waals surface area contributed by atoms with Crippen LogP contribution in [-0.2, 0) is 4.74 Å². The van der Waals surface area contributed by atoms with Crippen molar-refractivity contribution in [3.05, 3.63) is 16.2 Å². The average Bonchev–Trinajstić information content (AvgIpc) is 2.35. The summed E-state index contributed by atoms with van der Waals surface area (Å²) in [6.07, 6.45) is 6.34. The lowest BCUT2D eigenvalue weighted by atomic mass is 10.2. The van der Waals surface area contributed by atoms with Crippen LogP contribution in [0.4, 0.5) is 11.5 Å². The first kappa shape index (κ1) is 12.3.